The highest BCUT2D eigenvalue weighted by Crippen LogP contribution is 2.34. The Morgan fingerprint density at radius 3 is 2.75 bits per heavy atom. The quantitative estimate of drug-likeness (QED) is 0.450. The third-order valence-corrected chi connectivity index (χ3v) is 7.56. The van der Waals surface area contributed by atoms with Crippen LogP contribution in [0, 0.1) is 0 Å². The fourth-order valence-corrected chi connectivity index (χ4v) is 5.89. The van der Waals surface area contributed by atoms with E-state index in [1.807, 2.05) is 0 Å². The number of anilines is 1. The number of amides is 1. The van der Waals surface area contributed by atoms with Gasteiger partial charge in [-0.2, -0.15) is 0 Å². The van der Waals surface area contributed by atoms with Gasteiger partial charge in [-0.3, -0.25) is 14.2 Å². The first-order valence-corrected chi connectivity index (χ1v) is 11.4. The standard InChI is InChI=1S/C19H17Cl2N3O2S2/c1-24-18(26)15-10-5-2-3-8-13(10)28-17(15)23-19(24)27-9-14(25)22-16-11(20)6-4-7-12(16)21/h4,6-7H,2-3,5,8-9H2,1H3,(H,22,25). The van der Waals surface area contributed by atoms with Crippen LogP contribution in [0.3, 0.4) is 0 Å². The van der Waals surface area contributed by atoms with Crippen LogP contribution >= 0.6 is 46.3 Å². The lowest BCUT2D eigenvalue weighted by atomic mass is 9.97. The predicted octanol–water partition coefficient (Wildman–Crippen LogP) is 4.91. The van der Waals surface area contributed by atoms with Gasteiger partial charge in [-0.25, -0.2) is 4.98 Å². The number of aryl methyl sites for hydroxylation is 2. The van der Waals surface area contributed by atoms with E-state index >= 15 is 0 Å². The van der Waals surface area contributed by atoms with Crippen LogP contribution in [0.5, 0.6) is 0 Å². The van der Waals surface area contributed by atoms with Crippen molar-refractivity contribution in [3.05, 3.63) is 49.0 Å². The van der Waals surface area contributed by atoms with Gasteiger partial charge in [-0.15, -0.1) is 11.3 Å². The molecule has 1 aliphatic carbocycles. The highest BCUT2D eigenvalue weighted by Gasteiger charge is 2.21. The Morgan fingerprint density at radius 2 is 2.00 bits per heavy atom. The maximum absolute atomic E-state index is 12.9. The van der Waals surface area contributed by atoms with Crippen LogP contribution in [0.25, 0.3) is 10.2 Å². The summed E-state index contributed by atoms with van der Waals surface area (Å²) < 4.78 is 1.53. The number of halogens is 2. The number of nitrogens with one attached hydrogen (secondary N) is 1. The summed E-state index contributed by atoms with van der Waals surface area (Å²) in [6, 6.07) is 5.03. The Kier molecular flexibility index (Phi) is 5.69. The summed E-state index contributed by atoms with van der Waals surface area (Å²) in [6.07, 6.45) is 4.23. The molecule has 2 heterocycles. The van der Waals surface area contributed by atoms with Crippen molar-refractivity contribution >= 4 is 68.1 Å². The molecule has 2 aromatic heterocycles. The SMILES string of the molecule is Cn1c(SCC(=O)Nc2c(Cl)cccc2Cl)nc2sc3c(c2c1=O)CCCC3. The maximum atomic E-state index is 12.9. The molecular formula is C19H17Cl2N3O2S2. The van der Waals surface area contributed by atoms with Gasteiger partial charge in [0.05, 0.1) is 26.9 Å². The third kappa shape index (κ3) is 3.68. The van der Waals surface area contributed by atoms with E-state index in [0.717, 1.165) is 35.9 Å². The summed E-state index contributed by atoms with van der Waals surface area (Å²) in [7, 11) is 1.70. The first-order valence-electron chi connectivity index (χ1n) is 8.83. The van der Waals surface area contributed by atoms with E-state index in [4.69, 9.17) is 23.2 Å². The van der Waals surface area contributed by atoms with Crippen molar-refractivity contribution in [2.24, 2.45) is 7.05 Å². The molecule has 3 aromatic rings. The topological polar surface area (TPSA) is 64.0 Å². The number of carbonyl (C=O) groups excluding carboxylic acids is 1. The minimum absolute atomic E-state index is 0.0403. The van der Waals surface area contributed by atoms with Crippen molar-refractivity contribution in [1.82, 2.24) is 9.55 Å². The van der Waals surface area contributed by atoms with Gasteiger partial charge < -0.3 is 5.32 Å². The van der Waals surface area contributed by atoms with E-state index in [1.54, 1.807) is 36.6 Å². The van der Waals surface area contributed by atoms with Gasteiger partial charge in [-0.1, -0.05) is 41.0 Å². The Morgan fingerprint density at radius 1 is 1.29 bits per heavy atom. The van der Waals surface area contributed by atoms with Gasteiger partial charge in [0.2, 0.25) is 5.91 Å². The Bertz CT molecular complexity index is 1120. The highest BCUT2D eigenvalue weighted by atomic mass is 35.5. The smallest absolute Gasteiger partial charge is 0.262 e. The number of carbonyl (C=O) groups is 1. The lowest BCUT2D eigenvalue weighted by Crippen LogP contribution is -2.22. The number of hydrogen-bond acceptors (Lipinski definition) is 5. The molecule has 4 rings (SSSR count). The maximum Gasteiger partial charge on any atom is 0.262 e. The molecule has 1 N–H and O–H groups in total. The Hall–Kier alpha value is -1.54. The van der Waals surface area contributed by atoms with Gasteiger partial charge >= 0.3 is 0 Å². The summed E-state index contributed by atoms with van der Waals surface area (Å²) in [5.41, 5.74) is 1.52. The van der Waals surface area contributed by atoms with Crippen molar-refractivity contribution in [3.63, 3.8) is 0 Å². The van der Waals surface area contributed by atoms with Crippen LogP contribution in [-0.2, 0) is 24.7 Å². The monoisotopic (exact) mass is 453 g/mol. The molecule has 1 aromatic carbocycles. The molecule has 0 unspecified atom stereocenters. The molecule has 1 amide bonds. The summed E-state index contributed by atoms with van der Waals surface area (Å²) >= 11 is 15.0. The first kappa shape index (κ1) is 19.8. The van der Waals surface area contributed by atoms with Gasteiger partial charge in [0.25, 0.3) is 5.56 Å². The Labute approximate surface area is 180 Å². The number of nitrogens with zero attached hydrogens (tertiary/aromatic N) is 2. The zero-order chi connectivity index (χ0) is 19.8. The lowest BCUT2D eigenvalue weighted by molar-refractivity contribution is -0.113. The van der Waals surface area contributed by atoms with Crippen LogP contribution in [0.4, 0.5) is 5.69 Å². The molecule has 0 saturated heterocycles. The summed E-state index contributed by atoms with van der Waals surface area (Å²) in [6.45, 7) is 0. The fraction of sp³-hybridized carbons (Fsp3) is 0.316. The van der Waals surface area contributed by atoms with Gasteiger partial charge in [0, 0.05) is 11.9 Å². The van der Waals surface area contributed by atoms with Crippen LogP contribution in [0.1, 0.15) is 23.3 Å². The molecule has 1 aliphatic rings. The van der Waals surface area contributed by atoms with Crippen molar-refractivity contribution in [3.8, 4) is 0 Å². The van der Waals surface area contributed by atoms with E-state index < -0.39 is 0 Å². The lowest BCUT2D eigenvalue weighted by Gasteiger charge is -2.11. The zero-order valence-electron chi connectivity index (χ0n) is 15.1. The summed E-state index contributed by atoms with van der Waals surface area (Å²) in [5, 5.41) is 4.75. The second kappa shape index (κ2) is 8.06. The normalized spacial score (nSPS) is 13.5. The molecular weight excluding hydrogens is 437 g/mol. The number of para-hydroxylation sites is 1. The van der Waals surface area contributed by atoms with E-state index in [1.165, 1.54) is 26.8 Å². The number of thiophene rings is 1. The zero-order valence-corrected chi connectivity index (χ0v) is 18.2. The van der Waals surface area contributed by atoms with E-state index in [0.29, 0.717) is 20.9 Å². The number of rotatable bonds is 4. The molecule has 5 nitrogen and oxygen atoms in total. The van der Waals surface area contributed by atoms with Crippen LogP contribution in [0.2, 0.25) is 10.0 Å². The van der Waals surface area contributed by atoms with E-state index in [-0.39, 0.29) is 17.2 Å². The van der Waals surface area contributed by atoms with E-state index in [2.05, 4.69) is 10.3 Å². The average Bonchev–Trinajstić information content (AvgIpc) is 3.05. The largest absolute Gasteiger partial charge is 0.323 e. The molecule has 0 bridgehead atoms. The summed E-state index contributed by atoms with van der Waals surface area (Å²) in [5.74, 6) is -0.168. The highest BCUT2D eigenvalue weighted by molar-refractivity contribution is 7.99. The number of fused-ring (bicyclic) bond motifs is 3. The van der Waals surface area contributed by atoms with Gasteiger partial charge in [-0.05, 0) is 43.4 Å². The van der Waals surface area contributed by atoms with Crippen LogP contribution in [0.15, 0.2) is 28.2 Å². The number of aromatic nitrogens is 2. The average molecular weight is 454 g/mol. The number of hydrogen-bond donors (Lipinski definition) is 1. The Balaban J connectivity index is 1.56. The second-order valence-corrected chi connectivity index (χ2v) is 9.42. The van der Waals surface area contributed by atoms with Gasteiger partial charge in [0.1, 0.15) is 4.83 Å². The molecule has 0 saturated carbocycles. The second-order valence-electron chi connectivity index (χ2n) is 6.58. The number of thioether (sulfide) groups is 1. The first-order chi connectivity index (χ1) is 13.5. The van der Waals surface area contributed by atoms with Crippen molar-refractivity contribution in [1.29, 1.82) is 0 Å². The minimum atomic E-state index is -0.264. The van der Waals surface area contributed by atoms with Gasteiger partial charge in [0.15, 0.2) is 5.16 Å². The molecule has 0 spiro atoms. The molecule has 28 heavy (non-hydrogen) atoms. The predicted molar refractivity (Wildman–Crippen MR) is 117 cm³/mol. The fourth-order valence-electron chi connectivity index (χ4n) is 3.32. The molecule has 146 valence electrons. The summed E-state index contributed by atoms with van der Waals surface area (Å²) in [4.78, 5) is 31.9. The molecule has 0 aliphatic heterocycles. The minimum Gasteiger partial charge on any atom is -0.323 e. The number of benzene rings is 1. The molecule has 0 fully saturated rings. The molecule has 0 atom stereocenters. The van der Waals surface area contributed by atoms with Crippen LogP contribution in [-0.4, -0.2) is 21.2 Å². The third-order valence-electron chi connectivity index (χ3n) is 4.71. The van der Waals surface area contributed by atoms with Crippen molar-refractivity contribution in [2.45, 2.75) is 30.8 Å². The van der Waals surface area contributed by atoms with Crippen LogP contribution < -0.4 is 10.9 Å². The van der Waals surface area contributed by atoms with Crippen molar-refractivity contribution < 1.29 is 4.79 Å². The van der Waals surface area contributed by atoms with Crippen molar-refractivity contribution in [2.75, 3.05) is 11.1 Å². The molecule has 9 heteroatoms. The molecule has 0 radical (unpaired) electrons. The van der Waals surface area contributed by atoms with E-state index in [9.17, 15) is 9.59 Å².